The molecule has 2 atom stereocenters. The maximum atomic E-state index is 12.8. The fourth-order valence-corrected chi connectivity index (χ4v) is 4.47. The zero-order chi connectivity index (χ0) is 17.0. The highest BCUT2D eigenvalue weighted by Gasteiger charge is 2.31. The summed E-state index contributed by atoms with van der Waals surface area (Å²) in [6, 6.07) is 6.02. The van der Waals surface area contributed by atoms with Crippen molar-refractivity contribution in [3.05, 3.63) is 29.8 Å². The minimum absolute atomic E-state index is 0. The van der Waals surface area contributed by atoms with Crippen LogP contribution in [0.15, 0.2) is 29.2 Å². The number of nitrogens with two attached hydrogens (primary N) is 1. The molecule has 0 aliphatic carbocycles. The molecule has 6 nitrogen and oxygen atoms in total. The Morgan fingerprint density at radius 1 is 1.42 bits per heavy atom. The predicted molar refractivity (Wildman–Crippen MR) is 96.9 cm³/mol. The van der Waals surface area contributed by atoms with Crippen molar-refractivity contribution in [2.24, 2.45) is 5.73 Å². The maximum absolute atomic E-state index is 12.8. The number of sulfonamides is 1. The van der Waals surface area contributed by atoms with Gasteiger partial charge in [-0.25, -0.2) is 8.42 Å². The Balaban J connectivity index is 0.00000288. The second-order valence-electron chi connectivity index (χ2n) is 6.10. The van der Waals surface area contributed by atoms with Crippen molar-refractivity contribution < 1.29 is 13.2 Å². The first-order chi connectivity index (χ1) is 10.9. The molecular formula is C16H26ClN3O3S. The van der Waals surface area contributed by atoms with Crippen molar-refractivity contribution in [3.63, 3.8) is 0 Å². The summed E-state index contributed by atoms with van der Waals surface area (Å²) in [6.07, 6.45) is 2.79. The van der Waals surface area contributed by atoms with E-state index in [-0.39, 0.29) is 35.3 Å². The molecule has 1 aromatic rings. The summed E-state index contributed by atoms with van der Waals surface area (Å²) in [5, 5.41) is 2.74. The molecule has 1 amide bonds. The van der Waals surface area contributed by atoms with E-state index < -0.39 is 10.0 Å². The first kappa shape index (κ1) is 20.9. The highest BCUT2D eigenvalue weighted by Crippen LogP contribution is 2.25. The number of carbonyl (C=O) groups excluding carboxylic acids is 1. The van der Waals surface area contributed by atoms with Crippen LogP contribution < -0.4 is 11.1 Å². The number of hydrogen-bond donors (Lipinski definition) is 2. The number of amides is 1. The molecule has 3 N–H and O–H groups in total. The Bertz CT molecular complexity index is 666. The molecule has 0 aromatic heterocycles. The second-order valence-corrected chi connectivity index (χ2v) is 7.99. The van der Waals surface area contributed by atoms with Crippen LogP contribution in [0.5, 0.6) is 0 Å². The van der Waals surface area contributed by atoms with Crippen LogP contribution in [0.25, 0.3) is 0 Å². The fraction of sp³-hybridized carbons (Fsp3) is 0.562. The van der Waals surface area contributed by atoms with Crippen LogP contribution in [-0.4, -0.2) is 43.8 Å². The molecule has 0 bridgehead atoms. The molecule has 1 heterocycles. The van der Waals surface area contributed by atoms with Crippen molar-refractivity contribution in [2.45, 2.75) is 50.1 Å². The third-order valence-corrected chi connectivity index (χ3v) is 6.19. The third kappa shape index (κ3) is 4.69. The van der Waals surface area contributed by atoms with E-state index in [0.717, 1.165) is 19.3 Å². The average molecular weight is 376 g/mol. The number of hydrogen-bond acceptors (Lipinski definition) is 4. The molecule has 0 radical (unpaired) electrons. The Morgan fingerprint density at radius 2 is 2.12 bits per heavy atom. The Hall–Kier alpha value is -1.15. The fourth-order valence-electron chi connectivity index (χ4n) is 2.73. The highest BCUT2D eigenvalue weighted by molar-refractivity contribution is 7.89. The number of piperidine rings is 1. The monoisotopic (exact) mass is 375 g/mol. The number of nitrogens with one attached hydrogen (secondary N) is 1. The SMILES string of the molecule is CC1CCCCN1S(=O)(=O)c1cccc(C(=O)N[C@@H](C)CN)c1.Cl. The average Bonchev–Trinajstić information content (AvgIpc) is 2.55. The van der Waals surface area contributed by atoms with E-state index in [4.69, 9.17) is 5.73 Å². The minimum Gasteiger partial charge on any atom is -0.348 e. The lowest BCUT2D eigenvalue weighted by atomic mass is 10.1. The molecule has 1 aliphatic rings. The van der Waals surface area contributed by atoms with E-state index in [1.165, 1.54) is 10.4 Å². The van der Waals surface area contributed by atoms with Gasteiger partial charge in [-0.3, -0.25) is 4.79 Å². The molecule has 2 rings (SSSR count). The van der Waals surface area contributed by atoms with Crippen LogP contribution in [0.3, 0.4) is 0 Å². The van der Waals surface area contributed by atoms with Crippen LogP contribution >= 0.6 is 12.4 Å². The second kappa shape index (κ2) is 8.80. The Morgan fingerprint density at radius 3 is 2.75 bits per heavy atom. The summed E-state index contributed by atoms with van der Waals surface area (Å²) in [7, 11) is -3.57. The van der Waals surface area contributed by atoms with E-state index in [2.05, 4.69) is 5.32 Å². The number of nitrogens with zero attached hydrogens (tertiary/aromatic N) is 1. The summed E-state index contributed by atoms with van der Waals surface area (Å²) in [4.78, 5) is 12.3. The summed E-state index contributed by atoms with van der Waals surface area (Å²) in [5.74, 6) is -0.313. The summed E-state index contributed by atoms with van der Waals surface area (Å²) >= 11 is 0. The van der Waals surface area contributed by atoms with Crippen molar-refractivity contribution in [2.75, 3.05) is 13.1 Å². The lowest BCUT2D eigenvalue weighted by molar-refractivity contribution is 0.0941. The van der Waals surface area contributed by atoms with Crippen LogP contribution in [0.4, 0.5) is 0 Å². The van der Waals surface area contributed by atoms with Crippen LogP contribution in [0, 0.1) is 0 Å². The van der Waals surface area contributed by atoms with E-state index >= 15 is 0 Å². The largest absolute Gasteiger partial charge is 0.348 e. The summed E-state index contributed by atoms with van der Waals surface area (Å²) < 4.78 is 27.2. The molecule has 24 heavy (non-hydrogen) atoms. The topological polar surface area (TPSA) is 92.5 Å². The molecule has 1 saturated heterocycles. The summed E-state index contributed by atoms with van der Waals surface area (Å²) in [6.45, 7) is 4.59. The molecule has 1 aromatic carbocycles. The van der Waals surface area contributed by atoms with Gasteiger partial charge in [-0.05, 0) is 44.9 Å². The van der Waals surface area contributed by atoms with Crippen molar-refractivity contribution in [1.82, 2.24) is 9.62 Å². The molecule has 1 aliphatic heterocycles. The minimum atomic E-state index is -3.57. The number of halogens is 1. The molecule has 1 fully saturated rings. The Labute approximate surface area is 150 Å². The third-order valence-electron chi connectivity index (χ3n) is 4.18. The quantitative estimate of drug-likeness (QED) is 0.819. The van der Waals surface area contributed by atoms with Crippen LogP contribution in [0.1, 0.15) is 43.5 Å². The molecule has 136 valence electrons. The number of rotatable bonds is 5. The van der Waals surface area contributed by atoms with Gasteiger partial charge in [0.05, 0.1) is 4.90 Å². The summed E-state index contributed by atoms with van der Waals surface area (Å²) in [5.41, 5.74) is 5.82. The lowest BCUT2D eigenvalue weighted by Gasteiger charge is -2.32. The van der Waals surface area contributed by atoms with E-state index in [1.807, 2.05) is 6.92 Å². The Kier molecular flexibility index (Phi) is 7.66. The van der Waals surface area contributed by atoms with Gasteiger partial charge in [0.25, 0.3) is 5.91 Å². The van der Waals surface area contributed by atoms with Gasteiger partial charge in [0.15, 0.2) is 0 Å². The van der Waals surface area contributed by atoms with Gasteiger partial charge < -0.3 is 11.1 Å². The number of carbonyl (C=O) groups is 1. The highest BCUT2D eigenvalue weighted by atomic mass is 35.5. The lowest BCUT2D eigenvalue weighted by Crippen LogP contribution is -2.42. The molecule has 8 heteroatoms. The van der Waals surface area contributed by atoms with Gasteiger partial charge in [-0.2, -0.15) is 4.31 Å². The number of benzene rings is 1. The van der Waals surface area contributed by atoms with Crippen LogP contribution in [0.2, 0.25) is 0 Å². The molecule has 0 spiro atoms. The van der Waals surface area contributed by atoms with Gasteiger partial charge in [0.1, 0.15) is 0 Å². The first-order valence-electron chi connectivity index (χ1n) is 7.99. The van der Waals surface area contributed by atoms with E-state index in [0.29, 0.717) is 18.7 Å². The van der Waals surface area contributed by atoms with Crippen molar-refractivity contribution >= 4 is 28.3 Å². The maximum Gasteiger partial charge on any atom is 0.251 e. The smallest absolute Gasteiger partial charge is 0.251 e. The molecule has 0 saturated carbocycles. The van der Waals surface area contributed by atoms with Gasteiger partial charge in [0.2, 0.25) is 10.0 Å². The van der Waals surface area contributed by atoms with Gasteiger partial charge in [-0.15, -0.1) is 12.4 Å². The molecule has 1 unspecified atom stereocenters. The zero-order valence-corrected chi connectivity index (χ0v) is 15.7. The van der Waals surface area contributed by atoms with E-state index in [1.54, 1.807) is 25.1 Å². The standard InChI is InChI=1S/C16H25N3O3S.ClH/c1-12(11-17)18-16(20)14-7-5-8-15(10-14)23(21,22)19-9-4-3-6-13(19)2;/h5,7-8,10,12-13H,3-4,6,9,11,17H2,1-2H3,(H,18,20);1H/t12-,13?;/m0./s1. The van der Waals surface area contributed by atoms with Gasteiger partial charge in [-0.1, -0.05) is 12.5 Å². The molecular weight excluding hydrogens is 350 g/mol. The van der Waals surface area contributed by atoms with E-state index in [9.17, 15) is 13.2 Å². The van der Waals surface area contributed by atoms with Gasteiger partial charge in [0, 0.05) is 30.7 Å². The normalized spacial score (nSPS) is 20.0. The van der Waals surface area contributed by atoms with Crippen molar-refractivity contribution in [1.29, 1.82) is 0 Å². The van der Waals surface area contributed by atoms with Gasteiger partial charge >= 0.3 is 0 Å². The zero-order valence-electron chi connectivity index (χ0n) is 14.1. The predicted octanol–water partition coefficient (Wildman–Crippen LogP) is 1.75. The first-order valence-corrected chi connectivity index (χ1v) is 9.43. The van der Waals surface area contributed by atoms with Crippen LogP contribution in [-0.2, 0) is 10.0 Å². The van der Waals surface area contributed by atoms with Crippen molar-refractivity contribution in [3.8, 4) is 0 Å².